The number of anilines is 1. The van der Waals surface area contributed by atoms with Gasteiger partial charge in [0.25, 0.3) is 5.91 Å². The van der Waals surface area contributed by atoms with Crippen molar-refractivity contribution in [2.45, 2.75) is 0 Å². The highest BCUT2D eigenvalue weighted by atomic mass is 79.9. The second-order valence-corrected chi connectivity index (χ2v) is 5.92. The van der Waals surface area contributed by atoms with Crippen molar-refractivity contribution in [1.29, 1.82) is 0 Å². The summed E-state index contributed by atoms with van der Waals surface area (Å²) in [5, 5.41) is 2.83. The van der Waals surface area contributed by atoms with E-state index in [1.54, 1.807) is 24.3 Å². The molecule has 0 saturated carbocycles. The van der Waals surface area contributed by atoms with E-state index < -0.39 is 0 Å². The molecule has 1 N–H and O–H groups in total. The van der Waals surface area contributed by atoms with E-state index in [2.05, 4.69) is 37.2 Å². The summed E-state index contributed by atoms with van der Waals surface area (Å²) in [6, 6.07) is 10.7. The van der Waals surface area contributed by atoms with Gasteiger partial charge in [-0.2, -0.15) is 0 Å². The number of fused-ring (bicyclic) bond motifs is 1. The molecule has 1 amide bonds. The van der Waals surface area contributed by atoms with Crippen LogP contribution in [0.5, 0.6) is 11.5 Å². The summed E-state index contributed by atoms with van der Waals surface area (Å²) in [4.78, 5) is 12.3. The molecule has 0 fully saturated rings. The number of ether oxygens (including phenoxy) is 2. The molecular formula is C14H9Br2NO3. The third-order valence-corrected chi connectivity index (χ3v) is 3.99. The summed E-state index contributed by atoms with van der Waals surface area (Å²) in [6.07, 6.45) is 0. The predicted molar refractivity (Wildman–Crippen MR) is 82.4 cm³/mol. The number of benzene rings is 2. The minimum Gasteiger partial charge on any atom is -0.454 e. The molecule has 102 valence electrons. The molecule has 0 aliphatic carbocycles. The minimum absolute atomic E-state index is 0.197. The lowest BCUT2D eigenvalue weighted by atomic mass is 10.2. The van der Waals surface area contributed by atoms with Crippen molar-refractivity contribution < 1.29 is 14.3 Å². The molecule has 0 bridgehead atoms. The van der Waals surface area contributed by atoms with E-state index in [4.69, 9.17) is 9.47 Å². The van der Waals surface area contributed by atoms with Crippen molar-refractivity contribution in [3.8, 4) is 11.5 Å². The van der Waals surface area contributed by atoms with E-state index in [0.29, 0.717) is 22.7 Å². The molecule has 4 nitrogen and oxygen atoms in total. The molecule has 0 atom stereocenters. The molecule has 2 aromatic carbocycles. The summed E-state index contributed by atoms with van der Waals surface area (Å²) in [5.74, 6) is 1.12. The normalized spacial score (nSPS) is 12.3. The van der Waals surface area contributed by atoms with Gasteiger partial charge in [-0.15, -0.1) is 0 Å². The number of amides is 1. The van der Waals surface area contributed by atoms with Gasteiger partial charge in [0.1, 0.15) is 0 Å². The average molecular weight is 399 g/mol. The van der Waals surface area contributed by atoms with Gasteiger partial charge >= 0.3 is 0 Å². The Balaban J connectivity index is 1.84. The van der Waals surface area contributed by atoms with Crippen molar-refractivity contribution in [3.63, 3.8) is 0 Å². The zero-order valence-corrected chi connectivity index (χ0v) is 13.3. The lowest BCUT2D eigenvalue weighted by molar-refractivity contribution is 0.102. The van der Waals surface area contributed by atoms with E-state index >= 15 is 0 Å². The van der Waals surface area contributed by atoms with Gasteiger partial charge in [-0.25, -0.2) is 0 Å². The summed E-state index contributed by atoms with van der Waals surface area (Å²) < 4.78 is 12.1. The molecule has 0 spiro atoms. The fourth-order valence-corrected chi connectivity index (χ4v) is 2.63. The van der Waals surface area contributed by atoms with Crippen LogP contribution in [0.1, 0.15) is 10.4 Å². The number of hydrogen-bond acceptors (Lipinski definition) is 3. The molecule has 3 rings (SSSR count). The quantitative estimate of drug-likeness (QED) is 0.824. The van der Waals surface area contributed by atoms with Crippen molar-refractivity contribution in [1.82, 2.24) is 0 Å². The Hall–Kier alpha value is -1.53. The van der Waals surface area contributed by atoms with Crippen LogP contribution in [0.4, 0.5) is 5.69 Å². The number of rotatable bonds is 2. The van der Waals surface area contributed by atoms with Gasteiger partial charge < -0.3 is 14.8 Å². The first kappa shape index (κ1) is 13.5. The number of carbonyl (C=O) groups is 1. The van der Waals surface area contributed by atoms with Crippen LogP contribution >= 0.6 is 31.9 Å². The first-order valence-corrected chi connectivity index (χ1v) is 7.38. The fraction of sp³-hybridized carbons (Fsp3) is 0.0714. The number of halogens is 2. The molecular weight excluding hydrogens is 390 g/mol. The lowest BCUT2D eigenvalue weighted by Gasteiger charge is -2.08. The molecule has 1 aliphatic heterocycles. The molecule has 0 saturated heterocycles. The molecule has 20 heavy (non-hydrogen) atoms. The maximum Gasteiger partial charge on any atom is 0.256 e. The molecule has 6 heteroatoms. The van der Waals surface area contributed by atoms with Crippen LogP contribution in [0.2, 0.25) is 0 Å². The third-order valence-electron chi connectivity index (χ3n) is 2.80. The minimum atomic E-state index is -0.197. The molecule has 2 aromatic rings. The van der Waals surface area contributed by atoms with Crippen molar-refractivity contribution in [3.05, 3.63) is 50.9 Å². The second kappa shape index (κ2) is 5.46. The van der Waals surface area contributed by atoms with Crippen molar-refractivity contribution in [2.24, 2.45) is 0 Å². The van der Waals surface area contributed by atoms with Gasteiger partial charge in [-0.1, -0.05) is 15.9 Å². The van der Waals surface area contributed by atoms with Crippen LogP contribution in [0, 0.1) is 0 Å². The Morgan fingerprint density at radius 1 is 1.05 bits per heavy atom. The van der Waals surface area contributed by atoms with E-state index in [1.807, 2.05) is 12.1 Å². The number of carbonyl (C=O) groups excluding carboxylic acids is 1. The molecule has 1 aliphatic rings. The van der Waals surface area contributed by atoms with Crippen LogP contribution in [0.3, 0.4) is 0 Å². The Labute approximate surface area is 132 Å². The van der Waals surface area contributed by atoms with Crippen LogP contribution in [0.25, 0.3) is 0 Å². The number of nitrogens with one attached hydrogen (secondary N) is 1. The standard InChI is InChI=1S/C14H9Br2NO3/c15-8-1-3-11(16)10(5-8)14(18)17-9-2-4-12-13(6-9)20-7-19-12/h1-6H,7H2,(H,17,18). The summed E-state index contributed by atoms with van der Waals surface area (Å²) >= 11 is 6.72. The fourth-order valence-electron chi connectivity index (χ4n) is 1.84. The number of hydrogen-bond donors (Lipinski definition) is 1. The molecule has 0 unspecified atom stereocenters. The Bertz CT molecular complexity index is 688. The van der Waals surface area contributed by atoms with E-state index in [0.717, 1.165) is 8.95 Å². The third kappa shape index (κ3) is 2.66. The van der Waals surface area contributed by atoms with Gasteiger partial charge in [-0.05, 0) is 46.3 Å². The van der Waals surface area contributed by atoms with Crippen LogP contribution in [-0.4, -0.2) is 12.7 Å². The molecule has 0 aromatic heterocycles. The lowest BCUT2D eigenvalue weighted by Crippen LogP contribution is -2.12. The smallest absolute Gasteiger partial charge is 0.256 e. The Morgan fingerprint density at radius 2 is 1.85 bits per heavy atom. The molecule has 1 heterocycles. The maximum atomic E-state index is 12.3. The average Bonchev–Trinajstić information content (AvgIpc) is 2.89. The van der Waals surface area contributed by atoms with E-state index in [-0.39, 0.29) is 12.7 Å². The highest BCUT2D eigenvalue weighted by Crippen LogP contribution is 2.34. The van der Waals surface area contributed by atoms with E-state index in [1.165, 1.54) is 0 Å². The van der Waals surface area contributed by atoms with Gasteiger partial charge in [0.05, 0.1) is 5.56 Å². The SMILES string of the molecule is O=C(Nc1ccc2c(c1)OCO2)c1cc(Br)ccc1Br. The monoisotopic (exact) mass is 397 g/mol. The maximum absolute atomic E-state index is 12.3. The van der Waals surface area contributed by atoms with Crippen molar-refractivity contribution in [2.75, 3.05) is 12.1 Å². The van der Waals surface area contributed by atoms with E-state index in [9.17, 15) is 4.79 Å². The zero-order valence-electron chi connectivity index (χ0n) is 10.2. The summed E-state index contributed by atoms with van der Waals surface area (Å²) in [7, 11) is 0. The molecule has 0 radical (unpaired) electrons. The van der Waals surface area contributed by atoms with Crippen LogP contribution in [0.15, 0.2) is 45.3 Å². The van der Waals surface area contributed by atoms with Crippen LogP contribution in [-0.2, 0) is 0 Å². The van der Waals surface area contributed by atoms with Gasteiger partial charge in [0.15, 0.2) is 11.5 Å². The van der Waals surface area contributed by atoms with Crippen LogP contribution < -0.4 is 14.8 Å². The topological polar surface area (TPSA) is 47.6 Å². The zero-order chi connectivity index (χ0) is 14.1. The van der Waals surface area contributed by atoms with Gasteiger partial charge in [0.2, 0.25) is 6.79 Å². The highest BCUT2D eigenvalue weighted by molar-refractivity contribution is 9.11. The first-order valence-electron chi connectivity index (χ1n) is 5.79. The Kier molecular flexibility index (Phi) is 3.67. The summed E-state index contributed by atoms with van der Waals surface area (Å²) in [6.45, 7) is 0.212. The summed E-state index contributed by atoms with van der Waals surface area (Å²) in [5.41, 5.74) is 1.21. The van der Waals surface area contributed by atoms with Crippen molar-refractivity contribution >= 4 is 43.5 Å². The second-order valence-electron chi connectivity index (χ2n) is 4.15. The Morgan fingerprint density at radius 3 is 2.70 bits per heavy atom. The van der Waals surface area contributed by atoms with Gasteiger partial charge in [-0.3, -0.25) is 4.79 Å². The highest BCUT2D eigenvalue weighted by Gasteiger charge is 2.15. The van der Waals surface area contributed by atoms with Gasteiger partial charge in [0, 0.05) is 20.7 Å². The first-order chi connectivity index (χ1) is 9.63. The predicted octanol–water partition coefficient (Wildman–Crippen LogP) is 4.19. The largest absolute Gasteiger partial charge is 0.454 e.